The summed E-state index contributed by atoms with van der Waals surface area (Å²) >= 11 is 1.75. The molecule has 0 aromatic carbocycles. The van der Waals surface area contributed by atoms with Gasteiger partial charge in [0, 0.05) is 24.0 Å². The Kier molecular flexibility index (Phi) is 3.95. The number of rotatable bonds is 6. The third-order valence-electron chi connectivity index (χ3n) is 3.31. The number of thiazole rings is 1. The van der Waals surface area contributed by atoms with Crippen LogP contribution in [-0.2, 0) is 6.54 Å². The summed E-state index contributed by atoms with van der Waals surface area (Å²) < 4.78 is 0. The van der Waals surface area contributed by atoms with Crippen LogP contribution < -0.4 is 5.32 Å². The van der Waals surface area contributed by atoms with Gasteiger partial charge in [-0.25, -0.2) is 4.98 Å². The van der Waals surface area contributed by atoms with Gasteiger partial charge < -0.3 is 10.2 Å². The highest BCUT2D eigenvalue weighted by atomic mass is 32.1. The number of likely N-dealkylation sites (N-methyl/N-ethyl adjacent to an activating group) is 1. The van der Waals surface area contributed by atoms with Gasteiger partial charge in [0.25, 0.3) is 0 Å². The molecule has 1 N–H and O–H groups in total. The van der Waals surface area contributed by atoms with E-state index in [1.165, 1.54) is 23.4 Å². The molecule has 0 aliphatic heterocycles. The highest BCUT2D eigenvalue weighted by Crippen LogP contribution is 2.34. The first-order valence-corrected chi connectivity index (χ1v) is 6.82. The molecular weight excluding hydrogens is 218 g/mol. The van der Waals surface area contributed by atoms with Crippen molar-refractivity contribution in [2.75, 3.05) is 20.6 Å². The maximum atomic E-state index is 4.27. The summed E-state index contributed by atoms with van der Waals surface area (Å²) in [4.78, 5) is 7.99. The highest BCUT2D eigenvalue weighted by Gasteiger charge is 2.32. The lowest BCUT2D eigenvalue weighted by atomic mass is 10.1. The van der Waals surface area contributed by atoms with E-state index in [1.807, 2.05) is 5.51 Å². The number of aryl methyl sites for hydroxylation is 1. The van der Waals surface area contributed by atoms with E-state index in [4.69, 9.17) is 0 Å². The lowest BCUT2D eigenvalue weighted by Crippen LogP contribution is -2.39. The van der Waals surface area contributed by atoms with Crippen molar-refractivity contribution in [3.63, 3.8) is 0 Å². The van der Waals surface area contributed by atoms with Crippen molar-refractivity contribution in [1.82, 2.24) is 15.2 Å². The van der Waals surface area contributed by atoms with Crippen molar-refractivity contribution in [2.45, 2.75) is 32.4 Å². The first kappa shape index (κ1) is 12.0. The zero-order chi connectivity index (χ0) is 11.5. The summed E-state index contributed by atoms with van der Waals surface area (Å²) in [5, 5.41) is 3.56. The van der Waals surface area contributed by atoms with Gasteiger partial charge in [0.05, 0.1) is 11.2 Å². The average Bonchev–Trinajstić information content (AvgIpc) is 2.98. The molecule has 1 aliphatic rings. The molecule has 1 saturated carbocycles. The number of aromatic nitrogens is 1. The van der Waals surface area contributed by atoms with Crippen LogP contribution in [0.4, 0.5) is 0 Å². The van der Waals surface area contributed by atoms with Crippen LogP contribution in [-0.4, -0.2) is 36.6 Å². The van der Waals surface area contributed by atoms with Gasteiger partial charge in [-0.05, 0) is 39.8 Å². The van der Waals surface area contributed by atoms with Gasteiger partial charge in [-0.1, -0.05) is 0 Å². The molecule has 4 heteroatoms. The molecule has 1 fully saturated rings. The van der Waals surface area contributed by atoms with Gasteiger partial charge in [0.1, 0.15) is 0 Å². The summed E-state index contributed by atoms with van der Waals surface area (Å²) in [5.74, 6) is 0.921. The lowest BCUT2D eigenvalue weighted by Gasteiger charge is -2.24. The van der Waals surface area contributed by atoms with Crippen LogP contribution in [0.1, 0.15) is 23.4 Å². The maximum absolute atomic E-state index is 4.27. The zero-order valence-electron chi connectivity index (χ0n) is 10.4. The fourth-order valence-electron chi connectivity index (χ4n) is 2.08. The second-order valence-corrected chi connectivity index (χ2v) is 5.80. The van der Waals surface area contributed by atoms with Gasteiger partial charge in [0.2, 0.25) is 0 Å². The van der Waals surface area contributed by atoms with E-state index in [0.717, 1.165) is 19.0 Å². The van der Waals surface area contributed by atoms with Crippen LogP contribution >= 0.6 is 11.3 Å². The first-order chi connectivity index (χ1) is 7.68. The minimum absolute atomic E-state index is 0.702. The van der Waals surface area contributed by atoms with E-state index < -0.39 is 0 Å². The molecule has 0 bridgehead atoms. The first-order valence-electron chi connectivity index (χ1n) is 5.94. The second kappa shape index (κ2) is 5.25. The molecule has 0 spiro atoms. The van der Waals surface area contributed by atoms with Gasteiger partial charge in [0.15, 0.2) is 0 Å². The molecule has 1 atom stereocenters. The Hall–Kier alpha value is -0.450. The molecule has 0 radical (unpaired) electrons. The van der Waals surface area contributed by atoms with Crippen LogP contribution in [0.25, 0.3) is 0 Å². The Labute approximate surface area is 102 Å². The number of hydrogen-bond acceptors (Lipinski definition) is 4. The van der Waals surface area contributed by atoms with E-state index in [-0.39, 0.29) is 0 Å². The average molecular weight is 239 g/mol. The van der Waals surface area contributed by atoms with Gasteiger partial charge >= 0.3 is 0 Å². The summed E-state index contributed by atoms with van der Waals surface area (Å²) in [6.45, 7) is 4.14. The quantitative estimate of drug-likeness (QED) is 0.821. The summed E-state index contributed by atoms with van der Waals surface area (Å²) in [5.41, 5.74) is 3.10. The molecule has 1 heterocycles. The summed E-state index contributed by atoms with van der Waals surface area (Å²) in [6, 6.07) is 0.702. The fraction of sp³-hybridized carbons (Fsp3) is 0.750. The summed E-state index contributed by atoms with van der Waals surface area (Å²) in [7, 11) is 4.37. The molecule has 1 aliphatic carbocycles. The van der Waals surface area contributed by atoms with E-state index >= 15 is 0 Å². The molecular formula is C12H21N3S. The van der Waals surface area contributed by atoms with Gasteiger partial charge in [-0.2, -0.15) is 0 Å². The number of hydrogen-bond donors (Lipinski definition) is 1. The third-order valence-corrected chi connectivity index (χ3v) is 4.25. The normalized spacial score (nSPS) is 18.0. The number of nitrogens with one attached hydrogen (secondary N) is 1. The Balaban J connectivity index is 1.76. The van der Waals surface area contributed by atoms with Crippen LogP contribution in [0.2, 0.25) is 0 Å². The van der Waals surface area contributed by atoms with Crippen molar-refractivity contribution >= 4 is 11.3 Å². The van der Waals surface area contributed by atoms with E-state index in [9.17, 15) is 0 Å². The third kappa shape index (κ3) is 3.03. The van der Waals surface area contributed by atoms with Gasteiger partial charge in [-0.15, -0.1) is 11.3 Å². The van der Waals surface area contributed by atoms with Crippen molar-refractivity contribution in [3.8, 4) is 0 Å². The summed E-state index contributed by atoms with van der Waals surface area (Å²) in [6.07, 6.45) is 2.81. The molecule has 16 heavy (non-hydrogen) atoms. The molecule has 0 amide bonds. The maximum Gasteiger partial charge on any atom is 0.0798 e. The second-order valence-electron chi connectivity index (χ2n) is 4.86. The minimum atomic E-state index is 0.702. The highest BCUT2D eigenvalue weighted by molar-refractivity contribution is 7.09. The largest absolute Gasteiger partial charge is 0.310 e. The monoisotopic (exact) mass is 239 g/mol. The standard InChI is InChI=1S/C12H21N3S/c1-9-12(16-8-14-9)7-13-6-11(15(2)3)10-4-5-10/h8,10-11,13H,4-7H2,1-3H3. The van der Waals surface area contributed by atoms with Crippen molar-refractivity contribution < 1.29 is 0 Å². The van der Waals surface area contributed by atoms with E-state index in [2.05, 4.69) is 36.2 Å². The van der Waals surface area contributed by atoms with Crippen molar-refractivity contribution in [3.05, 3.63) is 16.1 Å². The van der Waals surface area contributed by atoms with Crippen LogP contribution in [0.3, 0.4) is 0 Å². The Morgan fingerprint density at radius 1 is 1.56 bits per heavy atom. The van der Waals surface area contributed by atoms with E-state index in [1.54, 1.807) is 11.3 Å². The van der Waals surface area contributed by atoms with Gasteiger partial charge in [-0.3, -0.25) is 0 Å². The van der Waals surface area contributed by atoms with Crippen LogP contribution in [0, 0.1) is 12.8 Å². The topological polar surface area (TPSA) is 28.2 Å². The predicted octanol–water partition coefficient (Wildman–Crippen LogP) is 1.88. The molecule has 1 aromatic rings. The number of nitrogens with zero attached hydrogens (tertiary/aromatic N) is 2. The molecule has 3 nitrogen and oxygen atoms in total. The van der Waals surface area contributed by atoms with Crippen LogP contribution in [0.15, 0.2) is 5.51 Å². The minimum Gasteiger partial charge on any atom is -0.310 e. The zero-order valence-corrected chi connectivity index (χ0v) is 11.2. The molecule has 0 saturated heterocycles. The van der Waals surface area contributed by atoms with Crippen LogP contribution in [0.5, 0.6) is 0 Å². The SMILES string of the molecule is Cc1ncsc1CNCC(C1CC1)N(C)C. The predicted molar refractivity (Wildman–Crippen MR) is 68.8 cm³/mol. The van der Waals surface area contributed by atoms with Crippen molar-refractivity contribution in [1.29, 1.82) is 0 Å². The lowest BCUT2D eigenvalue weighted by molar-refractivity contribution is 0.255. The smallest absolute Gasteiger partial charge is 0.0798 e. The van der Waals surface area contributed by atoms with Crippen molar-refractivity contribution in [2.24, 2.45) is 5.92 Å². The van der Waals surface area contributed by atoms with E-state index in [0.29, 0.717) is 6.04 Å². The Bertz CT molecular complexity index is 329. The fourth-order valence-corrected chi connectivity index (χ4v) is 2.83. The Morgan fingerprint density at radius 3 is 2.81 bits per heavy atom. The molecule has 1 aromatic heterocycles. The molecule has 1 unspecified atom stereocenters. The molecule has 2 rings (SSSR count). The molecule has 90 valence electrons. The Morgan fingerprint density at radius 2 is 2.31 bits per heavy atom.